The first-order chi connectivity index (χ1) is 10.0. The Bertz CT molecular complexity index is 688. The molecule has 1 unspecified atom stereocenters. The lowest BCUT2D eigenvalue weighted by Crippen LogP contribution is -2.27. The summed E-state index contributed by atoms with van der Waals surface area (Å²) < 4.78 is 14.3. The van der Waals surface area contributed by atoms with Crippen LogP contribution in [0.15, 0.2) is 46.9 Å². The van der Waals surface area contributed by atoms with Crippen LogP contribution in [0, 0.1) is 5.82 Å². The largest absolute Gasteiger partial charge is 0.345 e. The van der Waals surface area contributed by atoms with Gasteiger partial charge in [-0.2, -0.15) is 0 Å². The molecule has 3 nitrogen and oxygen atoms in total. The fourth-order valence-corrected chi connectivity index (χ4v) is 2.30. The normalized spacial score (nSPS) is 11.8. The highest BCUT2D eigenvalue weighted by molar-refractivity contribution is 9.10. The van der Waals surface area contributed by atoms with Crippen LogP contribution >= 0.6 is 15.9 Å². The van der Waals surface area contributed by atoms with Gasteiger partial charge in [0.15, 0.2) is 6.29 Å². The zero-order chi connectivity index (χ0) is 15.4. The molecule has 1 N–H and O–H groups in total. The van der Waals surface area contributed by atoms with E-state index in [0.717, 1.165) is 0 Å². The van der Waals surface area contributed by atoms with Crippen molar-refractivity contribution in [3.8, 4) is 0 Å². The first kappa shape index (κ1) is 15.4. The topological polar surface area (TPSA) is 46.2 Å². The highest BCUT2D eigenvalue weighted by Gasteiger charge is 2.15. The van der Waals surface area contributed by atoms with Crippen LogP contribution in [0.4, 0.5) is 4.39 Å². The van der Waals surface area contributed by atoms with Crippen LogP contribution in [0.1, 0.15) is 39.2 Å². The van der Waals surface area contributed by atoms with Gasteiger partial charge >= 0.3 is 0 Å². The van der Waals surface area contributed by atoms with Gasteiger partial charge in [-0.3, -0.25) is 9.59 Å². The zero-order valence-electron chi connectivity index (χ0n) is 11.3. The molecule has 5 heteroatoms. The van der Waals surface area contributed by atoms with Crippen molar-refractivity contribution in [1.29, 1.82) is 0 Å². The van der Waals surface area contributed by atoms with Crippen molar-refractivity contribution < 1.29 is 14.0 Å². The molecule has 0 saturated heterocycles. The smallest absolute Gasteiger partial charge is 0.251 e. The minimum atomic E-state index is -0.470. The quantitative estimate of drug-likeness (QED) is 0.851. The molecule has 0 heterocycles. The van der Waals surface area contributed by atoms with Crippen molar-refractivity contribution in [2.75, 3.05) is 0 Å². The zero-order valence-corrected chi connectivity index (χ0v) is 12.9. The number of hydrogen-bond donors (Lipinski definition) is 1. The van der Waals surface area contributed by atoms with Crippen molar-refractivity contribution in [2.24, 2.45) is 0 Å². The average molecular weight is 350 g/mol. The summed E-state index contributed by atoms with van der Waals surface area (Å²) in [5, 5.41) is 2.71. The second-order valence-corrected chi connectivity index (χ2v) is 5.43. The summed E-state index contributed by atoms with van der Waals surface area (Å²) in [7, 11) is 0. The van der Waals surface area contributed by atoms with Crippen molar-refractivity contribution in [1.82, 2.24) is 5.32 Å². The molecule has 0 aliphatic rings. The molecular formula is C16H13BrFNO2. The van der Waals surface area contributed by atoms with Crippen molar-refractivity contribution in [3.05, 3.63) is 69.4 Å². The standard InChI is InChI=1S/C16H13BrFNO2/c1-10(13-4-2-3-5-15(13)18)19-16(21)11-6-7-14(17)12(8-11)9-20/h2-10H,1H3,(H,19,21). The van der Waals surface area contributed by atoms with Gasteiger partial charge in [0, 0.05) is 21.2 Å². The maximum Gasteiger partial charge on any atom is 0.251 e. The summed E-state index contributed by atoms with van der Waals surface area (Å²) in [6.45, 7) is 1.70. The molecule has 0 spiro atoms. The fourth-order valence-electron chi connectivity index (χ4n) is 1.96. The average Bonchev–Trinajstić information content (AvgIpc) is 2.48. The van der Waals surface area contributed by atoms with Crippen molar-refractivity contribution in [2.45, 2.75) is 13.0 Å². The number of amides is 1. The van der Waals surface area contributed by atoms with Gasteiger partial charge in [0.1, 0.15) is 5.82 Å². The highest BCUT2D eigenvalue weighted by atomic mass is 79.9. The highest BCUT2D eigenvalue weighted by Crippen LogP contribution is 2.19. The van der Waals surface area contributed by atoms with Gasteiger partial charge in [0.05, 0.1) is 6.04 Å². The Kier molecular flexibility index (Phi) is 4.85. The summed E-state index contributed by atoms with van der Waals surface area (Å²) in [6.07, 6.45) is 0.668. The predicted octanol–water partition coefficient (Wildman–Crippen LogP) is 3.89. The number of nitrogens with one attached hydrogen (secondary N) is 1. The summed E-state index contributed by atoms with van der Waals surface area (Å²) >= 11 is 3.22. The first-order valence-electron chi connectivity index (χ1n) is 6.33. The molecule has 0 aliphatic carbocycles. The number of halogens is 2. The minimum Gasteiger partial charge on any atom is -0.345 e. The Labute approximate surface area is 130 Å². The van der Waals surface area contributed by atoms with Gasteiger partial charge < -0.3 is 5.32 Å². The van der Waals surface area contributed by atoms with E-state index in [9.17, 15) is 14.0 Å². The minimum absolute atomic E-state index is 0.350. The van der Waals surface area contributed by atoms with Gasteiger partial charge in [-0.05, 0) is 31.2 Å². The van der Waals surface area contributed by atoms with E-state index in [1.54, 1.807) is 37.3 Å². The Morgan fingerprint density at radius 1 is 1.29 bits per heavy atom. The maximum absolute atomic E-state index is 13.7. The van der Waals surface area contributed by atoms with E-state index >= 15 is 0 Å². The Hall–Kier alpha value is -2.01. The molecule has 2 aromatic carbocycles. The van der Waals surface area contributed by atoms with Crippen LogP contribution in [0.2, 0.25) is 0 Å². The van der Waals surface area contributed by atoms with Crippen molar-refractivity contribution >= 4 is 28.1 Å². The molecular weight excluding hydrogens is 337 g/mol. The fraction of sp³-hybridized carbons (Fsp3) is 0.125. The van der Waals surface area contributed by atoms with E-state index in [2.05, 4.69) is 21.2 Å². The summed E-state index contributed by atoms with van der Waals surface area (Å²) in [5.74, 6) is -0.726. The molecule has 0 saturated carbocycles. The van der Waals surface area contributed by atoms with Crippen LogP contribution in [-0.2, 0) is 0 Å². The van der Waals surface area contributed by atoms with Crippen LogP contribution in [-0.4, -0.2) is 12.2 Å². The third kappa shape index (κ3) is 3.55. The molecule has 0 aromatic heterocycles. The second kappa shape index (κ2) is 6.63. The van der Waals surface area contributed by atoms with Crippen LogP contribution < -0.4 is 5.32 Å². The Morgan fingerprint density at radius 2 is 2.00 bits per heavy atom. The molecule has 2 aromatic rings. The van der Waals surface area contributed by atoms with E-state index in [1.165, 1.54) is 12.1 Å². The molecule has 21 heavy (non-hydrogen) atoms. The third-order valence-electron chi connectivity index (χ3n) is 3.10. The van der Waals surface area contributed by atoms with E-state index in [-0.39, 0.29) is 11.7 Å². The van der Waals surface area contributed by atoms with E-state index in [0.29, 0.717) is 27.4 Å². The number of aldehydes is 1. The predicted molar refractivity (Wildman–Crippen MR) is 81.8 cm³/mol. The van der Waals surface area contributed by atoms with Crippen molar-refractivity contribution in [3.63, 3.8) is 0 Å². The summed E-state index contributed by atoms with van der Waals surface area (Å²) in [6, 6.07) is 10.5. The van der Waals surface area contributed by atoms with Crippen LogP contribution in [0.25, 0.3) is 0 Å². The number of rotatable bonds is 4. The Balaban J connectivity index is 2.18. The Morgan fingerprint density at radius 3 is 2.67 bits per heavy atom. The first-order valence-corrected chi connectivity index (χ1v) is 7.12. The van der Waals surface area contributed by atoms with Gasteiger partial charge in [0.2, 0.25) is 0 Å². The van der Waals surface area contributed by atoms with Gasteiger partial charge in [-0.25, -0.2) is 4.39 Å². The lowest BCUT2D eigenvalue weighted by Gasteiger charge is -2.15. The second-order valence-electron chi connectivity index (χ2n) is 4.57. The van der Waals surface area contributed by atoms with Gasteiger partial charge in [-0.15, -0.1) is 0 Å². The van der Waals surface area contributed by atoms with Gasteiger partial charge in [0.25, 0.3) is 5.91 Å². The molecule has 0 radical (unpaired) electrons. The molecule has 0 bridgehead atoms. The summed E-state index contributed by atoms with van der Waals surface area (Å²) in [5.41, 5.74) is 1.16. The molecule has 0 fully saturated rings. The SMILES string of the molecule is CC(NC(=O)c1ccc(Br)c(C=O)c1)c1ccccc1F. The number of benzene rings is 2. The lowest BCUT2D eigenvalue weighted by atomic mass is 10.1. The van der Waals surface area contributed by atoms with Crippen LogP contribution in [0.3, 0.4) is 0 Å². The number of carbonyl (C=O) groups is 2. The maximum atomic E-state index is 13.7. The molecule has 1 amide bonds. The third-order valence-corrected chi connectivity index (χ3v) is 3.83. The molecule has 1 atom stereocenters. The summed E-state index contributed by atoms with van der Waals surface area (Å²) in [4.78, 5) is 23.0. The molecule has 2 rings (SSSR count). The molecule has 0 aliphatic heterocycles. The van der Waals surface area contributed by atoms with Gasteiger partial charge in [-0.1, -0.05) is 34.1 Å². The number of hydrogen-bond acceptors (Lipinski definition) is 2. The number of carbonyl (C=O) groups excluding carboxylic acids is 2. The van der Waals surface area contributed by atoms with E-state index < -0.39 is 6.04 Å². The molecule has 108 valence electrons. The lowest BCUT2D eigenvalue weighted by molar-refractivity contribution is 0.0939. The van der Waals surface area contributed by atoms with Crippen LogP contribution in [0.5, 0.6) is 0 Å². The monoisotopic (exact) mass is 349 g/mol. The van der Waals surface area contributed by atoms with E-state index in [1.807, 2.05) is 0 Å². The van der Waals surface area contributed by atoms with E-state index in [4.69, 9.17) is 0 Å².